The van der Waals surface area contributed by atoms with Gasteiger partial charge in [0.05, 0.1) is 5.75 Å². The number of thioether (sulfide) groups is 1. The van der Waals surface area contributed by atoms with E-state index >= 15 is 0 Å². The molecule has 0 bridgehead atoms. The zero-order valence-corrected chi connectivity index (χ0v) is 14.3. The molecule has 2 nitrogen and oxygen atoms in total. The van der Waals surface area contributed by atoms with Gasteiger partial charge in [-0.1, -0.05) is 48.0 Å². The van der Waals surface area contributed by atoms with Crippen LogP contribution in [0.25, 0.3) is 0 Å². The van der Waals surface area contributed by atoms with Crippen LogP contribution in [0.2, 0.25) is 0 Å². The van der Waals surface area contributed by atoms with Crippen molar-refractivity contribution in [3.05, 3.63) is 65.7 Å². The number of hydrogen-bond donors (Lipinski definition) is 0. The van der Waals surface area contributed by atoms with Crippen LogP contribution in [0.5, 0.6) is 0 Å². The summed E-state index contributed by atoms with van der Waals surface area (Å²) in [6.45, 7) is 6.88. The van der Waals surface area contributed by atoms with E-state index in [4.69, 9.17) is 0 Å². The summed E-state index contributed by atoms with van der Waals surface area (Å²) in [5, 5.41) is 0. The van der Waals surface area contributed by atoms with Crippen molar-refractivity contribution in [1.82, 2.24) is 4.90 Å². The van der Waals surface area contributed by atoms with Crippen molar-refractivity contribution in [3.63, 3.8) is 0 Å². The molecule has 0 unspecified atom stereocenters. The minimum atomic E-state index is 0.185. The molecule has 0 fully saturated rings. The number of rotatable bonds is 6. The van der Waals surface area contributed by atoms with E-state index in [1.165, 1.54) is 11.1 Å². The third-order valence-corrected chi connectivity index (χ3v) is 4.52. The molecule has 0 saturated heterocycles. The van der Waals surface area contributed by atoms with Gasteiger partial charge in [0.1, 0.15) is 0 Å². The second-order valence-corrected chi connectivity index (χ2v) is 6.75. The summed E-state index contributed by atoms with van der Waals surface area (Å²) in [5.41, 5.74) is 2.41. The monoisotopic (exact) mass is 313 g/mol. The summed E-state index contributed by atoms with van der Waals surface area (Å²) in [5.74, 6) is 0.665. The Hall–Kier alpha value is -1.74. The molecule has 0 saturated carbocycles. The number of nitrogens with zero attached hydrogens (tertiary/aromatic N) is 1. The maximum absolute atomic E-state index is 12.5. The molecule has 0 aromatic heterocycles. The van der Waals surface area contributed by atoms with Crippen molar-refractivity contribution >= 4 is 17.7 Å². The molecular weight excluding hydrogens is 290 g/mol. The van der Waals surface area contributed by atoms with Crippen molar-refractivity contribution in [2.75, 3.05) is 5.75 Å². The second kappa shape index (κ2) is 8.04. The molecule has 0 aliphatic rings. The van der Waals surface area contributed by atoms with Crippen LogP contribution in [0, 0.1) is 6.92 Å². The zero-order chi connectivity index (χ0) is 15.9. The number of amides is 1. The van der Waals surface area contributed by atoms with Crippen LogP contribution in [0.3, 0.4) is 0 Å². The Kier molecular flexibility index (Phi) is 6.08. The van der Waals surface area contributed by atoms with Crippen LogP contribution in [0.1, 0.15) is 25.0 Å². The van der Waals surface area contributed by atoms with E-state index < -0.39 is 0 Å². The lowest BCUT2D eigenvalue weighted by Crippen LogP contribution is -2.37. The summed E-state index contributed by atoms with van der Waals surface area (Å²) in [6, 6.07) is 18.7. The Morgan fingerprint density at radius 2 is 1.68 bits per heavy atom. The first-order valence-corrected chi connectivity index (χ1v) is 8.57. The summed E-state index contributed by atoms with van der Waals surface area (Å²) >= 11 is 1.60. The van der Waals surface area contributed by atoms with Crippen LogP contribution < -0.4 is 0 Å². The number of carbonyl (C=O) groups excluding carboxylic acids is 1. The van der Waals surface area contributed by atoms with Gasteiger partial charge in [0.25, 0.3) is 0 Å². The van der Waals surface area contributed by atoms with Crippen LogP contribution >= 0.6 is 11.8 Å². The van der Waals surface area contributed by atoms with E-state index in [0.29, 0.717) is 12.3 Å². The van der Waals surface area contributed by atoms with E-state index in [0.717, 1.165) is 4.90 Å². The summed E-state index contributed by atoms with van der Waals surface area (Å²) < 4.78 is 0. The largest absolute Gasteiger partial charge is 0.335 e. The van der Waals surface area contributed by atoms with Gasteiger partial charge in [0.15, 0.2) is 0 Å². The molecule has 0 aliphatic heterocycles. The highest BCUT2D eigenvalue weighted by molar-refractivity contribution is 8.00. The number of aryl methyl sites for hydroxylation is 1. The predicted molar refractivity (Wildman–Crippen MR) is 94.0 cm³/mol. The van der Waals surface area contributed by atoms with Crippen LogP contribution in [0.15, 0.2) is 59.5 Å². The number of benzene rings is 2. The Morgan fingerprint density at radius 1 is 1.05 bits per heavy atom. The molecule has 0 aliphatic carbocycles. The van der Waals surface area contributed by atoms with Gasteiger partial charge in [-0.15, -0.1) is 11.8 Å². The summed E-state index contributed by atoms with van der Waals surface area (Å²) in [6.07, 6.45) is 0. The maximum Gasteiger partial charge on any atom is 0.233 e. The lowest BCUT2D eigenvalue weighted by molar-refractivity contribution is -0.130. The average molecular weight is 313 g/mol. The molecule has 0 radical (unpaired) electrons. The fraction of sp³-hybridized carbons (Fsp3) is 0.316. The Balaban J connectivity index is 1.96. The topological polar surface area (TPSA) is 20.3 Å². The molecule has 1 amide bonds. The van der Waals surface area contributed by atoms with Crippen molar-refractivity contribution in [1.29, 1.82) is 0 Å². The molecule has 116 valence electrons. The molecule has 0 heterocycles. The molecule has 2 aromatic carbocycles. The van der Waals surface area contributed by atoms with E-state index in [1.54, 1.807) is 11.8 Å². The standard InChI is InChI=1S/C19H23NOS/c1-15(2)20(13-17-7-5-4-6-8-17)19(21)14-22-18-11-9-16(3)10-12-18/h4-12,15H,13-14H2,1-3H3. The quantitative estimate of drug-likeness (QED) is 0.731. The van der Waals surface area contributed by atoms with Gasteiger partial charge in [-0.3, -0.25) is 4.79 Å². The Bertz CT molecular complexity index is 593. The molecule has 2 rings (SSSR count). The fourth-order valence-electron chi connectivity index (χ4n) is 2.20. The van der Waals surface area contributed by atoms with Crippen molar-refractivity contribution in [3.8, 4) is 0 Å². The van der Waals surface area contributed by atoms with Crippen LogP contribution in [0.4, 0.5) is 0 Å². The Labute approximate surface area is 137 Å². The van der Waals surface area contributed by atoms with E-state index in [2.05, 4.69) is 57.2 Å². The minimum absolute atomic E-state index is 0.185. The van der Waals surface area contributed by atoms with Crippen molar-refractivity contribution in [2.45, 2.75) is 38.3 Å². The normalized spacial score (nSPS) is 10.7. The van der Waals surface area contributed by atoms with Crippen molar-refractivity contribution < 1.29 is 4.79 Å². The maximum atomic E-state index is 12.5. The number of carbonyl (C=O) groups is 1. The third-order valence-electron chi connectivity index (χ3n) is 3.52. The van der Waals surface area contributed by atoms with E-state index in [-0.39, 0.29) is 11.9 Å². The van der Waals surface area contributed by atoms with Gasteiger partial charge in [-0.05, 0) is 38.5 Å². The first-order chi connectivity index (χ1) is 10.6. The summed E-state index contributed by atoms with van der Waals surface area (Å²) in [7, 11) is 0. The first-order valence-electron chi connectivity index (χ1n) is 7.59. The van der Waals surface area contributed by atoms with Gasteiger partial charge in [-0.2, -0.15) is 0 Å². The lowest BCUT2D eigenvalue weighted by Gasteiger charge is -2.27. The SMILES string of the molecule is Cc1ccc(SCC(=O)N(Cc2ccccc2)C(C)C)cc1. The zero-order valence-electron chi connectivity index (χ0n) is 13.5. The van der Waals surface area contributed by atoms with Gasteiger partial charge in [0.2, 0.25) is 5.91 Å². The van der Waals surface area contributed by atoms with Gasteiger partial charge in [0, 0.05) is 17.5 Å². The highest BCUT2D eigenvalue weighted by Gasteiger charge is 2.17. The smallest absolute Gasteiger partial charge is 0.233 e. The van der Waals surface area contributed by atoms with Gasteiger partial charge < -0.3 is 4.90 Å². The molecule has 22 heavy (non-hydrogen) atoms. The molecule has 3 heteroatoms. The Morgan fingerprint density at radius 3 is 2.27 bits per heavy atom. The fourth-order valence-corrected chi connectivity index (χ4v) is 2.99. The minimum Gasteiger partial charge on any atom is -0.335 e. The lowest BCUT2D eigenvalue weighted by atomic mass is 10.2. The molecular formula is C19H23NOS. The first kappa shape index (κ1) is 16.6. The summed E-state index contributed by atoms with van der Waals surface area (Å²) in [4.78, 5) is 15.6. The highest BCUT2D eigenvalue weighted by atomic mass is 32.2. The van der Waals surface area contributed by atoms with E-state index in [9.17, 15) is 4.79 Å². The average Bonchev–Trinajstić information content (AvgIpc) is 2.52. The van der Waals surface area contributed by atoms with Crippen LogP contribution in [-0.2, 0) is 11.3 Å². The van der Waals surface area contributed by atoms with Gasteiger partial charge in [-0.25, -0.2) is 0 Å². The highest BCUT2D eigenvalue weighted by Crippen LogP contribution is 2.20. The molecule has 0 N–H and O–H groups in total. The number of hydrogen-bond acceptors (Lipinski definition) is 2. The predicted octanol–water partition coefficient (Wildman–Crippen LogP) is 4.52. The van der Waals surface area contributed by atoms with Gasteiger partial charge >= 0.3 is 0 Å². The van der Waals surface area contributed by atoms with Crippen molar-refractivity contribution in [2.24, 2.45) is 0 Å². The molecule has 2 aromatic rings. The molecule has 0 atom stereocenters. The van der Waals surface area contributed by atoms with Crippen LogP contribution in [-0.4, -0.2) is 22.6 Å². The third kappa shape index (κ3) is 4.92. The second-order valence-electron chi connectivity index (χ2n) is 5.70. The molecule has 0 spiro atoms. The van der Waals surface area contributed by atoms with E-state index in [1.807, 2.05) is 23.1 Å².